The first kappa shape index (κ1) is 9.97. The zero-order valence-corrected chi connectivity index (χ0v) is 8.96. The van der Waals surface area contributed by atoms with E-state index >= 15 is 0 Å². The standard InChI is InChI=1S/C11H20N2O/c1-9-4-3-7-13(8-9)11(14)10-5-2-6-12-10/h9-10,12H,2-8H2,1H3. The van der Waals surface area contributed by atoms with Crippen molar-refractivity contribution in [3.63, 3.8) is 0 Å². The van der Waals surface area contributed by atoms with Gasteiger partial charge in [-0.2, -0.15) is 0 Å². The first-order valence-electron chi connectivity index (χ1n) is 5.79. The highest BCUT2D eigenvalue weighted by Gasteiger charge is 2.28. The van der Waals surface area contributed by atoms with E-state index < -0.39 is 0 Å². The van der Waals surface area contributed by atoms with Crippen molar-refractivity contribution in [2.75, 3.05) is 19.6 Å². The average Bonchev–Trinajstić information content (AvgIpc) is 2.69. The van der Waals surface area contributed by atoms with E-state index in [-0.39, 0.29) is 6.04 Å². The smallest absolute Gasteiger partial charge is 0.239 e. The molecule has 1 N–H and O–H groups in total. The molecule has 0 spiro atoms. The van der Waals surface area contributed by atoms with Gasteiger partial charge in [-0.05, 0) is 38.1 Å². The molecule has 0 radical (unpaired) electrons. The third-order valence-electron chi connectivity index (χ3n) is 3.33. The fourth-order valence-electron chi connectivity index (χ4n) is 2.51. The molecule has 3 heteroatoms. The summed E-state index contributed by atoms with van der Waals surface area (Å²) >= 11 is 0. The molecule has 2 unspecified atom stereocenters. The summed E-state index contributed by atoms with van der Waals surface area (Å²) in [4.78, 5) is 14.1. The summed E-state index contributed by atoms with van der Waals surface area (Å²) in [6.45, 7) is 5.19. The highest BCUT2D eigenvalue weighted by molar-refractivity contribution is 5.82. The van der Waals surface area contributed by atoms with Crippen LogP contribution in [0.5, 0.6) is 0 Å². The number of carbonyl (C=O) groups is 1. The summed E-state index contributed by atoms with van der Waals surface area (Å²) in [5, 5.41) is 3.28. The van der Waals surface area contributed by atoms with Gasteiger partial charge in [0.25, 0.3) is 0 Å². The molecule has 80 valence electrons. The maximum absolute atomic E-state index is 12.0. The predicted octanol–water partition coefficient (Wildman–Crippen LogP) is 0.997. The van der Waals surface area contributed by atoms with Crippen molar-refractivity contribution >= 4 is 5.91 Å². The summed E-state index contributed by atoms with van der Waals surface area (Å²) in [6, 6.07) is 0.125. The number of likely N-dealkylation sites (tertiary alicyclic amines) is 1. The van der Waals surface area contributed by atoms with E-state index in [0.29, 0.717) is 11.8 Å². The number of rotatable bonds is 1. The van der Waals surface area contributed by atoms with Crippen molar-refractivity contribution in [1.29, 1.82) is 0 Å². The monoisotopic (exact) mass is 196 g/mol. The number of hydrogen-bond acceptors (Lipinski definition) is 2. The van der Waals surface area contributed by atoms with Crippen molar-refractivity contribution in [1.82, 2.24) is 10.2 Å². The number of piperidine rings is 1. The van der Waals surface area contributed by atoms with E-state index in [2.05, 4.69) is 17.1 Å². The maximum atomic E-state index is 12.0. The fourth-order valence-corrected chi connectivity index (χ4v) is 2.51. The third-order valence-corrected chi connectivity index (χ3v) is 3.33. The average molecular weight is 196 g/mol. The predicted molar refractivity (Wildman–Crippen MR) is 56.0 cm³/mol. The normalized spacial score (nSPS) is 33.4. The van der Waals surface area contributed by atoms with Gasteiger partial charge in [0.1, 0.15) is 0 Å². The van der Waals surface area contributed by atoms with Gasteiger partial charge in [-0.15, -0.1) is 0 Å². The van der Waals surface area contributed by atoms with Crippen molar-refractivity contribution in [2.45, 2.75) is 38.6 Å². The van der Waals surface area contributed by atoms with Gasteiger partial charge in [0.05, 0.1) is 6.04 Å². The van der Waals surface area contributed by atoms with Crippen LogP contribution in [0.1, 0.15) is 32.6 Å². The number of hydrogen-bond donors (Lipinski definition) is 1. The molecule has 2 rings (SSSR count). The molecular weight excluding hydrogens is 176 g/mol. The van der Waals surface area contributed by atoms with E-state index in [1.54, 1.807) is 0 Å². The Hall–Kier alpha value is -0.570. The molecule has 1 amide bonds. The molecule has 2 fully saturated rings. The van der Waals surface area contributed by atoms with E-state index in [4.69, 9.17) is 0 Å². The lowest BCUT2D eigenvalue weighted by molar-refractivity contribution is -0.134. The highest BCUT2D eigenvalue weighted by atomic mass is 16.2. The van der Waals surface area contributed by atoms with Gasteiger partial charge >= 0.3 is 0 Å². The molecule has 14 heavy (non-hydrogen) atoms. The van der Waals surface area contributed by atoms with Gasteiger partial charge in [0.2, 0.25) is 5.91 Å². The summed E-state index contributed by atoms with van der Waals surface area (Å²) in [5.41, 5.74) is 0. The molecule has 0 aromatic carbocycles. The number of amides is 1. The van der Waals surface area contributed by atoms with E-state index in [9.17, 15) is 4.79 Å². The Morgan fingerprint density at radius 1 is 1.36 bits per heavy atom. The Balaban J connectivity index is 1.89. The zero-order chi connectivity index (χ0) is 9.97. The zero-order valence-electron chi connectivity index (χ0n) is 8.96. The number of nitrogens with one attached hydrogen (secondary N) is 1. The van der Waals surface area contributed by atoms with Crippen LogP contribution >= 0.6 is 0 Å². The van der Waals surface area contributed by atoms with E-state index in [1.165, 1.54) is 12.8 Å². The van der Waals surface area contributed by atoms with E-state index in [0.717, 1.165) is 32.5 Å². The van der Waals surface area contributed by atoms with Crippen LogP contribution in [0.4, 0.5) is 0 Å². The minimum Gasteiger partial charge on any atom is -0.341 e. The van der Waals surface area contributed by atoms with Gasteiger partial charge in [-0.1, -0.05) is 6.92 Å². The minimum atomic E-state index is 0.125. The Morgan fingerprint density at radius 2 is 2.21 bits per heavy atom. The summed E-state index contributed by atoms with van der Waals surface area (Å²) in [7, 11) is 0. The van der Waals surface area contributed by atoms with E-state index in [1.807, 2.05) is 0 Å². The van der Waals surface area contributed by atoms with Crippen LogP contribution in [-0.2, 0) is 4.79 Å². The highest BCUT2D eigenvalue weighted by Crippen LogP contribution is 2.18. The summed E-state index contributed by atoms with van der Waals surface area (Å²) < 4.78 is 0. The first-order valence-corrected chi connectivity index (χ1v) is 5.79. The van der Waals surface area contributed by atoms with Gasteiger partial charge in [-0.25, -0.2) is 0 Å². The molecule has 0 aromatic rings. The van der Waals surface area contributed by atoms with Crippen LogP contribution in [0.15, 0.2) is 0 Å². The Labute approximate surface area is 85.8 Å². The van der Waals surface area contributed by atoms with Crippen molar-refractivity contribution in [3.8, 4) is 0 Å². The second-order valence-electron chi connectivity index (χ2n) is 4.68. The van der Waals surface area contributed by atoms with Gasteiger partial charge < -0.3 is 10.2 Å². The quantitative estimate of drug-likeness (QED) is 0.678. The lowest BCUT2D eigenvalue weighted by Crippen LogP contribution is -2.47. The third kappa shape index (κ3) is 2.08. The second-order valence-corrected chi connectivity index (χ2v) is 4.68. The molecule has 0 bridgehead atoms. The molecule has 2 aliphatic heterocycles. The molecule has 3 nitrogen and oxygen atoms in total. The minimum absolute atomic E-state index is 0.125. The second kappa shape index (κ2) is 4.30. The number of carbonyl (C=O) groups excluding carboxylic acids is 1. The first-order chi connectivity index (χ1) is 6.77. The van der Waals surface area contributed by atoms with Crippen molar-refractivity contribution < 1.29 is 4.79 Å². The molecule has 2 heterocycles. The van der Waals surface area contributed by atoms with Crippen LogP contribution < -0.4 is 5.32 Å². The van der Waals surface area contributed by atoms with Crippen LogP contribution in [0.2, 0.25) is 0 Å². The fraction of sp³-hybridized carbons (Fsp3) is 0.909. The van der Waals surface area contributed by atoms with Gasteiger partial charge in [0.15, 0.2) is 0 Å². The maximum Gasteiger partial charge on any atom is 0.239 e. The van der Waals surface area contributed by atoms with Crippen LogP contribution in [0, 0.1) is 5.92 Å². The Morgan fingerprint density at radius 3 is 2.86 bits per heavy atom. The Bertz CT molecular complexity index is 211. The van der Waals surface area contributed by atoms with Crippen LogP contribution in [0.3, 0.4) is 0 Å². The largest absolute Gasteiger partial charge is 0.341 e. The van der Waals surface area contributed by atoms with Crippen molar-refractivity contribution in [3.05, 3.63) is 0 Å². The SMILES string of the molecule is CC1CCCN(C(=O)C2CCCN2)C1. The Kier molecular flexibility index (Phi) is 3.06. The molecule has 0 aliphatic carbocycles. The van der Waals surface area contributed by atoms with Gasteiger partial charge in [-0.3, -0.25) is 4.79 Å². The molecule has 0 aromatic heterocycles. The number of nitrogens with zero attached hydrogens (tertiary/aromatic N) is 1. The lowest BCUT2D eigenvalue weighted by atomic mass is 9.99. The molecule has 2 saturated heterocycles. The van der Waals surface area contributed by atoms with Crippen LogP contribution in [-0.4, -0.2) is 36.5 Å². The van der Waals surface area contributed by atoms with Crippen LogP contribution in [0.25, 0.3) is 0 Å². The molecular formula is C11H20N2O. The van der Waals surface area contributed by atoms with Gasteiger partial charge in [0, 0.05) is 13.1 Å². The lowest BCUT2D eigenvalue weighted by Gasteiger charge is -2.32. The molecule has 0 saturated carbocycles. The molecule has 2 atom stereocenters. The summed E-state index contributed by atoms with van der Waals surface area (Å²) in [5.74, 6) is 1.03. The van der Waals surface area contributed by atoms with Crippen molar-refractivity contribution in [2.24, 2.45) is 5.92 Å². The molecule has 2 aliphatic rings. The topological polar surface area (TPSA) is 32.3 Å². The summed E-state index contributed by atoms with van der Waals surface area (Å²) in [6.07, 6.45) is 4.64.